The summed E-state index contributed by atoms with van der Waals surface area (Å²) in [5.41, 5.74) is 3.47. The van der Waals surface area contributed by atoms with E-state index in [0.717, 1.165) is 37.6 Å². The van der Waals surface area contributed by atoms with Crippen LogP contribution in [0.1, 0.15) is 22.3 Å². The predicted octanol–water partition coefficient (Wildman–Crippen LogP) is 7.50. The van der Waals surface area contributed by atoms with Gasteiger partial charge in [-0.3, -0.25) is 14.5 Å². The number of carbonyl (C=O) groups is 2. The number of hydrogen-bond donors (Lipinski definition) is 0. The number of carbonyl (C=O) groups excluding carboxylic acids is 2. The van der Waals surface area contributed by atoms with Crippen molar-refractivity contribution in [3.05, 3.63) is 109 Å². The van der Waals surface area contributed by atoms with Gasteiger partial charge in [0.1, 0.15) is 6.61 Å². The lowest BCUT2D eigenvalue weighted by Gasteiger charge is -2.16. The van der Waals surface area contributed by atoms with Gasteiger partial charge in [-0.2, -0.15) is 0 Å². The van der Waals surface area contributed by atoms with Gasteiger partial charge in [-0.15, -0.1) is 6.58 Å². The minimum atomic E-state index is -0.309. The summed E-state index contributed by atoms with van der Waals surface area (Å²) in [6.45, 7) is 4.43. The van der Waals surface area contributed by atoms with Crippen LogP contribution < -0.4 is 9.47 Å². The molecule has 0 N–H and O–H groups in total. The Hall–Kier alpha value is -2.75. The summed E-state index contributed by atoms with van der Waals surface area (Å²) in [6, 6.07) is 18.9. The van der Waals surface area contributed by atoms with Crippen molar-refractivity contribution in [3.63, 3.8) is 0 Å². The molecule has 0 spiro atoms. The molecule has 3 aromatic rings. The van der Waals surface area contributed by atoms with E-state index in [-0.39, 0.29) is 17.7 Å². The van der Waals surface area contributed by atoms with E-state index in [0.29, 0.717) is 34.5 Å². The summed E-state index contributed by atoms with van der Waals surface area (Å²) in [5, 5.41) is 0.377. The zero-order valence-corrected chi connectivity index (χ0v) is 23.2. The molecular formula is C28H23ClINO4S. The number of nitrogens with zero attached hydrogens (tertiary/aromatic N) is 1. The van der Waals surface area contributed by atoms with Crippen LogP contribution in [0.5, 0.6) is 11.5 Å². The lowest BCUT2D eigenvalue weighted by Crippen LogP contribution is -2.27. The van der Waals surface area contributed by atoms with Crippen molar-refractivity contribution in [1.82, 2.24) is 4.90 Å². The maximum absolute atomic E-state index is 13.0. The average molecular weight is 632 g/mol. The van der Waals surface area contributed by atoms with Crippen molar-refractivity contribution in [2.75, 3.05) is 7.11 Å². The highest BCUT2D eigenvalue weighted by Crippen LogP contribution is 2.38. The first kappa shape index (κ1) is 26.3. The van der Waals surface area contributed by atoms with Crippen LogP contribution in [0.4, 0.5) is 4.79 Å². The molecule has 0 bridgehead atoms. The first-order valence-electron chi connectivity index (χ1n) is 11.1. The minimum Gasteiger partial charge on any atom is -0.493 e. The number of ether oxygens (including phenoxy) is 2. The number of halogens is 2. The van der Waals surface area contributed by atoms with Crippen LogP contribution in [0.25, 0.3) is 6.08 Å². The Bertz CT molecular complexity index is 1320. The lowest BCUT2D eigenvalue weighted by molar-refractivity contribution is -0.123. The predicted molar refractivity (Wildman–Crippen MR) is 153 cm³/mol. The molecule has 1 heterocycles. The molecule has 8 heteroatoms. The summed E-state index contributed by atoms with van der Waals surface area (Å²) >= 11 is 9.14. The van der Waals surface area contributed by atoms with Gasteiger partial charge in [0.05, 0.1) is 18.6 Å². The van der Waals surface area contributed by atoms with E-state index in [9.17, 15) is 9.59 Å². The van der Waals surface area contributed by atoms with Crippen molar-refractivity contribution in [2.24, 2.45) is 0 Å². The monoisotopic (exact) mass is 631 g/mol. The first-order valence-corrected chi connectivity index (χ1v) is 13.3. The maximum atomic E-state index is 13.0. The molecule has 0 aromatic heterocycles. The fourth-order valence-electron chi connectivity index (χ4n) is 3.69. The van der Waals surface area contributed by atoms with Crippen molar-refractivity contribution < 1.29 is 19.1 Å². The molecule has 1 aliphatic rings. The number of hydrogen-bond acceptors (Lipinski definition) is 5. The van der Waals surface area contributed by atoms with Crippen molar-refractivity contribution in [3.8, 4) is 11.5 Å². The molecular weight excluding hydrogens is 609 g/mol. The zero-order chi connectivity index (χ0) is 25.7. The summed E-state index contributed by atoms with van der Waals surface area (Å²) in [6.07, 6.45) is 4.04. The van der Waals surface area contributed by atoms with Gasteiger partial charge < -0.3 is 9.47 Å². The Morgan fingerprint density at radius 2 is 1.75 bits per heavy atom. The standard InChI is InChI=1S/C28H23ClINO4S/c1-3-4-21-13-20(14-24(34-2)26(21)35-17-19-5-9-22(29)10-6-19)15-25-27(32)31(28(33)36-25)16-18-7-11-23(30)12-8-18/h3,5-15H,1,4,16-17H2,2H3/b25-15-. The van der Waals surface area contributed by atoms with Gasteiger partial charge >= 0.3 is 0 Å². The van der Waals surface area contributed by atoms with E-state index in [1.165, 1.54) is 4.90 Å². The molecule has 5 nitrogen and oxygen atoms in total. The lowest BCUT2D eigenvalue weighted by atomic mass is 10.0. The van der Waals surface area contributed by atoms with Gasteiger partial charge in [0.25, 0.3) is 11.1 Å². The van der Waals surface area contributed by atoms with Crippen LogP contribution in [-0.2, 0) is 24.4 Å². The average Bonchev–Trinajstić information content (AvgIpc) is 3.12. The molecule has 0 aliphatic carbocycles. The molecule has 36 heavy (non-hydrogen) atoms. The summed E-state index contributed by atoms with van der Waals surface area (Å²) in [5.74, 6) is 0.833. The third kappa shape index (κ3) is 6.32. The van der Waals surface area contributed by atoms with Gasteiger partial charge in [0.15, 0.2) is 11.5 Å². The van der Waals surface area contributed by atoms with E-state index < -0.39 is 0 Å². The van der Waals surface area contributed by atoms with Crippen molar-refractivity contribution in [2.45, 2.75) is 19.6 Å². The van der Waals surface area contributed by atoms with Crippen LogP contribution >= 0.6 is 46.0 Å². The molecule has 184 valence electrons. The Balaban J connectivity index is 1.58. The molecule has 1 fully saturated rings. The Kier molecular flexibility index (Phi) is 8.77. The van der Waals surface area contributed by atoms with Gasteiger partial charge in [-0.1, -0.05) is 41.9 Å². The number of rotatable bonds is 9. The number of amides is 2. The molecule has 0 radical (unpaired) electrons. The van der Waals surface area contributed by atoms with Crippen LogP contribution in [0, 0.1) is 3.57 Å². The normalized spacial score (nSPS) is 14.4. The second-order valence-electron chi connectivity index (χ2n) is 8.01. The SMILES string of the molecule is C=CCc1cc(/C=C2\SC(=O)N(Cc3ccc(I)cc3)C2=O)cc(OC)c1OCc1ccc(Cl)cc1. The summed E-state index contributed by atoms with van der Waals surface area (Å²) in [4.78, 5) is 27.3. The first-order chi connectivity index (χ1) is 17.4. The molecule has 2 amide bonds. The molecule has 0 saturated carbocycles. The molecule has 1 saturated heterocycles. The van der Waals surface area contributed by atoms with Gasteiger partial charge in [-0.25, -0.2) is 0 Å². The van der Waals surface area contributed by atoms with Crippen LogP contribution in [0.3, 0.4) is 0 Å². The van der Waals surface area contributed by atoms with Crippen molar-refractivity contribution >= 4 is 63.2 Å². The molecule has 0 unspecified atom stereocenters. The number of allylic oxidation sites excluding steroid dienone is 1. The fraction of sp³-hybridized carbons (Fsp3) is 0.143. The van der Waals surface area contributed by atoms with Gasteiger partial charge in [0.2, 0.25) is 0 Å². The Labute approximate surface area is 233 Å². The van der Waals surface area contributed by atoms with Crippen LogP contribution in [0.2, 0.25) is 5.02 Å². The van der Waals surface area contributed by atoms with Crippen LogP contribution in [-0.4, -0.2) is 23.2 Å². The molecule has 4 rings (SSSR count). The second-order valence-corrected chi connectivity index (χ2v) is 10.7. The summed E-state index contributed by atoms with van der Waals surface area (Å²) < 4.78 is 12.8. The Morgan fingerprint density at radius 3 is 2.42 bits per heavy atom. The fourth-order valence-corrected chi connectivity index (χ4v) is 5.01. The smallest absolute Gasteiger partial charge is 0.293 e. The highest BCUT2D eigenvalue weighted by Gasteiger charge is 2.35. The zero-order valence-electron chi connectivity index (χ0n) is 19.5. The summed E-state index contributed by atoms with van der Waals surface area (Å²) in [7, 11) is 1.57. The topological polar surface area (TPSA) is 55.8 Å². The molecule has 0 atom stereocenters. The quantitative estimate of drug-likeness (QED) is 0.139. The number of imide groups is 1. The largest absolute Gasteiger partial charge is 0.493 e. The minimum absolute atomic E-state index is 0.238. The molecule has 3 aromatic carbocycles. The van der Waals surface area contributed by atoms with E-state index in [4.69, 9.17) is 21.1 Å². The second kappa shape index (κ2) is 12.0. The third-order valence-electron chi connectivity index (χ3n) is 5.46. The maximum Gasteiger partial charge on any atom is 0.293 e. The van der Waals surface area contributed by atoms with Gasteiger partial charge in [0, 0.05) is 14.2 Å². The highest BCUT2D eigenvalue weighted by molar-refractivity contribution is 14.1. The van der Waals surface area contributed by atoms with E-state index in [2.05, 4.69) is 29.2 Å². The van der Waals surface area contributed by atoms with E-state index >= 15 is 0 Å². The van der Waals surface area contributed by atoms with Crippen molar-refractivity contribution in [1.29, 1.82) is 0 Å². The number of thioether (sulfide) groups is 1. The van der Waals surface area contributed by atoms with Gasteiger partial charge in [-0.05, 0) is 99.9 Å². The third-order valence-corrected chi connectivity index (χ3v) is 7.34. The van der Waals surface area contributed by atoms with Crippen LogP contribution in [0.15, 0.2) is 78.2 Å². The van der Waals surface area contributed by atoms with E-state index in [1.54, 1.807) is 25.3 Å². The molecule has 1 aliphatic heterocycles. The number of methoxy groups -OCH3 is 1. The van der Waals surface area contributed by atoms with E-state index in [1.807, 2.05) is 54.6 Å². The number of benzene rings is 3. The Morgan fingerprint density at radius 1 is 1.06 bits per heavy atom. The highest BCUT2D eigenvalue weighted by atomic mass is 127.